The number of anilines is 1. The van der Waals surface area contributed by atoms with Crippen LogP contribution in [0.4, 0.5) is 11.4 Å². The molecular formula is C19H16N4O5S. The van der Waals surface area contributed by atoms with E-state index >= 15 is 0 Å². The third-order valence-electron chi connectivity index (χ3n) is 3.92. The van der Waals surface area contributed by atoms with E-state index in [0.29, 0.717) is 16.8 Å². The van der Waals surface area contributed by atoms with Crippen LogP contribution in [-0.4, -0.2) is 32.1 Å². The Bertz CT molecular complexity index is 1080. The number of Topliss-reactive ketones (excluding diaryl/α,β-unsaturated/α-hetero) is 1. The minimum atomic E-state index is -0.589. The number of benzene rings is 2. The lowest BCUT2D eigenvalue weighted by atomic mass is 10.1. The molecule has 1 aromatic heterocycles. The molecule has 9 nitrogen and oxygen atoms in total. The van der Waals surface area contributed by atoms with Gasteiger partial charge in [0.15, 0.2) is 5.78 Å². The normalized spacial score (nSPS) is 11.7. The summed E-state index contributed by atoms with van der Waals surface area (Å²) in [7, 11) is 0. The summed E-state index contributed by atoms with van der Waals surface area (Å²) in [6.45, 7) is 3.09. The summed E-state index contributed by atoms with van der Waals surface area (Å²) in [6.07, 6.45) is 0. The summed E-state index contributed by atoms with van der Waals surface area (Å²) in [5, 5.41) is 20.9. The fraction of sp³-hybridized carbons (Fsp3) is 0.158. The number of nitrogens with one attached hydrogen (secondary N) is 1. The molecule has 0 aliphatic rings. The molecular weight excluding hydrogens is 396 g/mol. The molecule has 0 aliphatic heterocycles. The molecule has 148 valence electrons. The molecule has 10 heteroatoms. The molecule has 0 radical (unpaired) electrons. The van der Waals surface area contributed by atoms with Gasteiger partial charge in [-0.1, -0.05) is 30.0 Å². The zero-order chi connectivity index (χ0) is 21.0. The summed E-state index contributed by atoms with van der Waals surface area (Å²) >= 11 is 1.04. The van der Waals surface area contributed by atoms with Crippen LogP contribution in [0.15, 0.2) is 58.2 Å². The molecule has 2 aromatic carbocycles. The highest BCUT2D eigenvalue weighted by atomic mass is 32.2. The number of para-hydroxylation sites is 1. The van der Waals surface area contributed by atoms with E-state index in [9.17, 15) is 19.7 Å². The van der Waals surface area contributed by atoms with Crippen molar-refractivity contribution in [2.75, 3.05) is 5.32 Å². The highest BCUT2D eigenvalue weighted by Crippen LogP contribution is 2.28. The molecule has 1 atom stereocenters. The lowest BCUT2D eigenvalue weighted by Crippen LogP contribution is -2.23. The van der Waals surface area contributed by atoms with E-state index in [1.165, 1.54) is 25.1 Å². The van der Waals surface area contributed by atoms with Crippen LogP contribution in [0.2, 0.25) is 0 Å². The van der Waals surface area contributed by atoms with Gasteiger partial charge in [-0.25, -0.2) is 0 Å². The quantitative estimate of drug-likeness (QED) is 0.267. The third-order valence-corrected chi connectivity index (χ3v) is 4.86. The number of nitrogens with zero attached hydrogens (tertiary/aromatic N) is 3. The standard InChI is InChI=1S/C19H16N4O5S/c1-11(24)15-8-3-4-9-16(15)20-17(25)12(2)29-19-22-21-18(28-19)13-6-5-7-14(10-13)23(26)27/h3-10,12H,1-2H3,(H,20,25)/t12-/m1/s1. The van der Waals surface area contributed by atoms with E-state index in [4.69, 9.17) is 4.42 Å². The topological polar surface area (TPSA) is 128 Å². The first-order valence-corrected chi connectivity index (χ1v) is 9.39. The first-order chi connectivity index (χ1) is 13.8. The Morgan fingerprint density at radius 2 is 1.93 bits per heavy atom. The van der Waals surface area contributed by atoms with Crippen LogP contribution in [0.1, 0.15) is 24.2 Å². The SMILES string of the molecule is CC(=O)c1ccccc1NC(=O)[C@@H](C)Sc1nnc(-c2cccc([N+](=O)[O-])c2)o1. The Morgan fingerprint density at radius 3 is 2.66 bits per heavy atom. The highest BCUT2D eigenvalue weighted by molar-refractivity contribution is 8.00. The van der Waals surface area contributed by atoms with E-state index in [0.717, 1.165) is 11.8 Å². The van der Waals surface area contributed by atoms with Crippen molar-refractivity contribution in [2.24, 2.45) is 0 Å². The number of carbonyl (C=O) groups is 2. The van der Waals surface area contributed by atoms with Crippen molar-refractivity contribution in [1.82, 2.24) is 10.2 Å². The number of rotatable bonds is 7. The van der Waals surface area contributed by atoms with Gasteiger partial charge in [-0.3, -0.25) is 19.7 Å². The summed E-state index contributed by atoms with van der Waals surface area (Å²) in [4.78, 5) is 34.5. The first kappa shape index (κ1) is 20.2. The fourth-order valence-corrected chi connectivity index (χ4v) is 3.15. The largest absolute Gasteiger partial charge is 0.411 e. The minimum Gasteiger partial charge on any atom is -0.411 e. The van der Waals surface area contributed by atoms with Crippen LogP contribution in [0, 0.1) is 10.1 Å². The van der Waals surface area contributed by atoms with Gasteiger partial charge in [0, 0.05) is 23.3 Å². The van der Waals surface area contributed by atoms with Crippen LogP contribution in [0.25, 0.3) is 11.5 Å². The lowest BCUT2D eigenvalue weighted by Gasteiger charge is -2.12. The van der Waals surface area contributed by atoms with Gasteiger partial charge >= 0.3 is 0 Å². The molecule has 29 heavy (non-hydrogen) atoms. The van der Waals surface area contributed by atoms with Crippen LogP contribution in [0.5, 0.6) is 0 Å². The molecule has 3 aromatic rings. The number of hydrogen-bond donors (Lipinski definition) is 1. The van der Waals surface area contributed by atoms with Crippen molar-refractivity contribution >= 4 is 34.8 Å². The van der Waals surface area contributed by atoms with Gasteiger partial charge in [0.1, 0.15) is 0 Å². The maximum absolute atomic E-state index is 12.5. The Balaban J connectivity index is 1.70. The van der Waals surface area contributed by atoms with E-state index in [2.05, 4.69) is 15.5 Å². The van der Waals surface area contributed by atoms with E-state index in [-0.39, 0.29) is 28.5 Å². The molecule has 0 spiro atoms. The zero-order valence-corrected chi connectivity index (χ0v) is 16.3. The Hall–Kier alpha value is -3.53. The van der Waals surface area contributed by atoms with Crippen LogP contribution >= 0.6 is 11.8 Å². The Labute approximate surface area is 169 Å². The van der Waals surface area contributed by atoms with Crippen LogP contribution in [0.3, 0.4) is 0 Å². The number of aromatic nitrogens is 2. The van der Waals surface area contributed by atoms with Gasteiger partial charge in [0.05, 0.1) is 15.9 Å². The molecule has 1 heterocycles. The smallest absolute Gasteiger partial charge is 0.277 e. The maximum atomic E-state index is 12.5. The Morgan fingerprint density at radius 1 is 1.17 bits per heavy atom. The number of nitro benzene ring substituents is 1. The second kappa shape index (κ2) is 8.65. The number of hydrogen-bond acceptors (Lipinski definition) is 8. The highest BCUT2D eigenvalue weighted by Gasteiger charge is 2.20. The van der Waals surface area contributed by atoms with Crippen molar-refractivity contribution < 1.29 is 18.9 Å². The average Bonchev–Trinajstić information content (AvgIpc) is 3.16. The van der Waals surface area contributed by atoms with Gasteiger partial charge in [0.2, 0.25) is 11.8 Å². The zero-order valence-electron chi connectivity index (χ0n) is 15.5. The minimum absolute atomic E-state index is 0.0909. The summed E-state index contributed by atoms with van der Waals surface area (Å²) in [5.41, 5.74) is 1.17. The van der Waals surface area contributed by atoms with Gasteiger partial charge < -0.3 is 9.73 Å². The molecule has 0 fully saturated rings. The number of thioether (sulfide) groups is 1. The Kier molecular flexibility index (Phi) is 6.03. The van der Waals surface area contributed by atoms with E-state index in [1.807, 2.05) is 0 Å². The second-order valence-electron chi connectivity index (χ2n) is 6.03. The predicted molar refractivity (Wildman–Crippen MR) is 107 cm³/mol. The number of carbonyl (C=O) groups excluding carboxylic acids is 2. The summed E-state index contributed by atoms with van der Waals surface area (Å²) in [5.74, 6) is -0.371. The van der Waals surface area contributed by atoms with Crippen LogP contribution in [-0.2, 0) is 4.79 Å². The molecule has 0 unspecified atom stereocenters. The number of nitro groups is 1. The van der Waals surface area contributed by atoms with E-state index in [1.54, 1.807) is 37.3 Å². The summed E-state index contributed by atoms with van der Waals surface area (Å²) < 4.78 is 5.52. The molecule has 0 aliphatic carbocycles. The van der Waals surface area contributed by atoms with E-state index < -0.39 is 10.2 Å². The van der Waals surface area contributed by atoms with Gasteiger partial charge in [-0.2, -0.15) is 0 Å². The lowest BCUT2D eigenvalue weighted by molar-refractivity contribution is -0.384. The van der Waals surface area contributed by atoms with Crippen molar-refractivity contribution in [2.45, 2.75) is 24.3 Å². The molecule has 0 bridgehead atoms. The van der Waals surface area contributed by atoms with Crippen LogP contribution < -0.4 is 5.32 Å². The van der Waals surface area contributed by atoms with Crippen molar-refractivity contribution in [3.63, 3.8) is 0 Å². The number of non-ortho nitro benzene ring substituents is 1. The third kappa shape index (κ3) is 4.85. The molecule has 3 rings (SSSR count). The fourth-order valence-electron chi connectivity index (χ4n) is 2.46. The monoisotopic (exact) mass is 412 g/mol. The predicted octanol–water partition coefficient (Wildman–Crippen LogP) is 3.97. The van der Waals surface area contributed by atoms with Gasteiger partial charge in [-0.05, 0) is 32.0 Å². The van der Waals surface area contributed by atoms with Crippen molar-refractivity contribution in [3.8, 4) is 11.5 Å². The van der Waals surface area contributed by atoms with Crippen molar-refractivity contribution in [1.29, 1.82) is 0 Å². The first-order valence-electron chi connectivity index (χ1n) is 8.51. The maximum Gasteiger partial charge on any atom is 0.277 e. The van der Waals surface area contributed by atoms with Crippen molar-refractivity contribution in [3.05, 3.63) is 64.2 Å². The summed E-state index contributed by atoms with van der Waals surface area (Å²) in [6, 6.07) is 12.6. The molecule has 0 saturated carbocycles. The second-order valence-corrected chi connectivity index (χ2v) is 7.32. The number of ketones is 1. The molecule has 0 saturated heterocycles. The van der Waals surface area contributed by atoms with Gasteiger partial charge in [0.25, 0.3) is 10.9 Å². The average molecular weight is 412 g/mol. The molecule has 1 amide bonds. The van der Waals surface area contributed by atoms with Gasteiger partial charge in [-0.15, -0.1) is 10.2 Å². The number of amides is 1. The molecule has 1 N–H and O–H groups in total.